The Labute approximate surface area is 451 Å². The van der Waals surface area contributed by atoms with Gasteiger partial charge in [0.05, 0.1) is 12.2 Å². The van der Waals surface area contributed by atoms with Crippen LogP contribution in [0.4, 0.5) is 0 Å². The lowest BCUT2D eigenvalue weighted by Crippen LogP contribution is -2.63. The Bertz CT molecular complexity index is 2290. The van der Waals surface area contributed by atoms with Crippen LogP contribution in [0.2, 0.25) is 0 Å². The molecule has 1 fully saturated rings. The van der Waals surface area contributed by atoms with E-state index in [4.69, 9.17) is 11.5 Å². The van der Waals surface area contributed by atoms with Crippen LogP contribution in [0, 0.1) is 17.8 Å². The molecule has 8 amide bonds. The van der Waals surface area contributed by atoms with Gasteiger partial charge in [-0.15, -0.1) is 0 Å². The number of aliphatic hydroxyl groups excluding tert-OH is 2. The molecule has 2 aromatic rings. The van der Waals surface area contributed by atoms with Gasteiger partial charge in [0.25, 0.3) is 0 Å². The Morgan fingerprint density at radius 2 is 1.09 bits per heavy atom. The van der Waals surface area contributed by atoms with Crippen molar-refractivity contribution in [1.82, 2.24) is 42.1 Å². The largest absolute Gasteiger partial charge is 0.508 e. The standard InChI is InChI=1S/C54H84N10O13/c1-9-30(5)43(61-50(72)42(29(3)4)60-46(68)38(58-49(71)41(56)32(7)65)28-35-21-23-36(67)24-22-35)51(73)63-45(33(8)66)52(74)59-39(27-34-17-12-11-13-18-34)47(69)62-44(31(6)10-2)53(75)64-26-16-20-40(64)48(70)57-37(54(76)77)19-14-15-25-55/h11-13,17-18,21-24,29-33,37-45,65-67H,9-10,14-16,19-20,25-28,55-56H2,1-8H3,(H,57,70)(H,58,71)(H,59,74)(H,60,68)(H,61,72)(H,62,69)(H,63,73)(H,76,77). The molecule has 77 heavy (non-hydrogen) atoms. The van der Waals surface area contributed by atoms with Gasteiger partial charge in [0.2, 0.25) is 47.3 Å². The van der Waals surface area contributed by atoms with Gasteiger partial charge in [-0.25, -0.2) is 4.79 Å². The van der Waals surface area contributed by atoms with Crippen LogP contribution in [-0.2, 0) is 56.0 Å². The van der Waals surface area contributed by atoms with E-state index in [1.165, 1.54) is 43.0 Å². The number of carbonyl (C=O) groups excluding carboxylic acids is 8. The Kier molecular flexibility index (Phi) is 26.4. The highest BCUT2D eigenvalue weighted by Gasteiger charge is 2.42. The number of aliphatic carboxylic acids is 1. The molecule has 1 aliphatic rings. The summed E-state index contributed by atoms with van der Waals surface area (Å²) in [4.78, 5) is 126. The molecule has 1 saturated heterocycles. The van der Waals surface area contributed by atoms with E-state index in [9.17, 15) is 63.6 Å². The molecule has 1 heterocycles. The zero-order chi connectivity index (χ0) is 57.7. The molecule has 428 valence electrons. The van der Waals surface area contributed by atoms with Crippen molar-refractivity contribution in [2.45, 2.75) is 180 Å². The Balaban J connectivity index is 1.88. The molecule has 13 unspecified atom stereocenters. The topological polar surface area (TPSA) is 374 Å². The van der Waals surface area contributed by atoms with Crippen LogP contribution in [0.1, 0.15) is 111 Å². The first-order chi connectivity index (χ1) is 36.3. The van der Waals surface area contributed by atoms with Gasteiger partial charge in [-0.3, -0.25) is 38.4 Å². The minimum Gasteiger partial charge on any atom is -0.508 e. The first-order valence-electron chi connectivity index (χ1n) is 26.6. The van der Waals surface area contributed by atoms with Crippen molar-refractivity contribution in [1.29, 1.82) is 0 Å². The second-order valence-electron chi connectivity index (χ2n) is 20.5. The smallest absolute Gasteiger partial charge is 0.326 e. The summed E-state index contributed by atoms with van der Waals surface area (Å²) >= 11 is 0. The number of unbranched alkanes of at least 4 members (excludes halogenated alkanes) is 1. The normalized spacial score (nSPS) is 18.0. The molecule has 0 aliphatic carbocycles. The number of phenolic OH excluding ortho intramolecular Hbond substituents is 1. The summed E-state index contributed by atoms with van der Waals surface area (Å²) in [5, 5.41) is 59.1. The number of nitrogens with two attached hydrogens (primary N) is 2. The molecule has 0 aromatic heterocycles. The SMILES string of the molecule is CCC(C)C(NC(=O)C(NC(=O)C(Cc1ccc(O)cc1)NC(=O)C(N)C(C)O)C(C)C)C(=O)NC(C(=O)NC(Cc1ccccc1)C(=O)NC(C(=O)N1CCCC1C(=O)NC(CCCCN)C(=O)O)C(C)CC)C(C)O. The Morgan fingerprint density at radius 3 is 1.61 bits per heavy atom. The monoisotopic (exact) mass is 1080 g/mol. The van der Waals surface area contributed by atoms with E-state index in [1.54, 1.807) is 65.0 Å². The minimum atomic E-state index is -1.70. The second-order valence-corrected chi connectivity index (χ2v) is 20.5. The fraction of sp³-hybridized carbons (Fsp3) is 0.611. The van der Waals surface area contributed by atoms with Crippen molar-refractivity contribution < 1.29 is 63.6 Å². The van der Waals surface area contributed by atoms with Gasteiger partial charge < -0.3 is 74.0 Å². The quantitative estimate of drug-likeness (QED) is 0.0428. The van der Waals surface area contributed by atoms with Gasteiger partial charge >= 0.3 is 5.97 Å². The number of benzene rings is 2. The predicted molar refractivity (Wildman–Crippen MR) is 286 cm³/mol. The third kappa shape index (κ3) is 19.7. The van der Waals surface area contributed by atoms with E-state index in [2.05, 4.69) is 37.2 Å². The fourth-order valence-corrected chi connectivity index (χ4v) is 8.70. The van der Waals surface area contributed by atoms with Gasteiger partial charge in [0, 0.05) is 19.4 Å². The molecular formula is C54H84N10O13. The van der Waals surface area contributed by atoms with Gasteiger partial charge in [-0.1, -0.05) is 96.8 Å². The van der Waals surface area contributed by atoms with Crippen LogP contribution < -0.4 is 48.7 Å². The molecule has 0 spiro atoms. The number of carboxylic acids is 1. The summed E-state index contributed by atoms with van der Waals surface area (Å²) in [7, 11) is 0. The minimum absolute atomic E-state index is 0.0362. The molecule has 23 nitrogen and oxygen atoms in total. The van der Waals surface area contributed by atoms with Gasteiger partial charge in [0.1, 0.15) is 60.1 Å². The van der Waals surface area contributed by atoms with Crippen molar-refractivity contribution in [3.63, 3.8) is 0 Å². The number of rotatable bonds is 31. The maximum absolute atomic E-state index is 14.5. The highest BCUT2D eigenvalue weighted by Crippen LogP contribution is 2.23. The fourth-order valence-electron chi connectivity index (χ4n) is 8.70. The number of phenols is 1. The Hall–Kier alpha value is -6.69. The number of hydrogen-bond acceptors (Lipinski definition) is 14. The van der Waals surface area contributed by atoms with Crippen molar-refractivity contribution >= 4 is 53.2 Å². The number of aliphatic hydroxyl groups is 2. The molecule has 15 N–H and O–H groups in total. The summed E-state index contributed by atoms with van der Waals surface area (Å²) in [6.07, 6.45) is -0.402. The third-order valence-electron chi connectivity index (χ3n) is 14.0. The average Bonchev–Trinajstić information content (AvgIpc) is 3.90. The van der Waals surface area contributed by atoms with E-state index in [0.717, 1.165) is 0 Å². The maximum Gasteiger partial charge on any atom is 0.326 e. The van der Waals surface area contributed by atoms with Gasteiger partial charge in [0.15, 0.2) is 0 Å². The van der Waals surface area contributed by atoms with Crippen LogP contribution in [0.5, 0.6) is 5.75 Å². The molecule has 3 rings (SSSR count). The summed E-state index contributed by atoms with van der Waals surface area (Å²) in [5.74, 6) is -9.22. The number of carbonyl (C=O) groups is 9. The van der Waals surface area contributed by atoms with Crippen LogP contribution >= 0.6 is 0 Å². The lowest BCUT2D eigenvalue weighted by Gasteiger charge is -2.33. The van der Waals surface area contributed by atoms with Crippen LogP contribution in [0.25, 0.3) is 0 Å². The van der Waals surface area contributed by atoms with Crippen LogP contribution in [0.15, 0.2) is 54.6 Å². The molecule has 0 bridgehead atoms. The van der Waals surface area contributed by atoms with Crippen LogP contribution in [0.3, 0.4) is 0 Å². The second kappa shape index (κ2) is 31.5. The van der Waals surface area contributed by atoms with Gasteiger partial charge in [-0.2, -0.15) is 0 Å². The summed E-state index contributed by atoms with van der Waals surface area (Å²) in [6, 6.07) is 2.68. The number of amides is 8. The number of likely N-dealkylation sites (tertiary alicyclic amines) is 1. The zero-order valence-electron chi connectivity index (χ0n) is 45.6. The number of hydrogen-bond donors (Lipinski definition) is 13. The van der Waals surface area contributed by atoms with E-state index in [0.29, 0.717) is 49.8 Å². The predicted octanol–water partition coefficient (Wildman–Crippen LogP) is -0.387. The molecule has 2 aromatic carbocycles. The van der Waals surface area contributed by atoms with Crippen molar-refractivity contribution in [3.05, 3.63) is 65.7 Å². The Morgan fingerprint density at radius 1 is 0.597 bits per heavy atom. The molecule has 0 radical (unpaired) electrons. The summed E-state index contributed by atoms with van der Waals surface area (Å²) in [6.45, 7) is 13.4. The molecule has 1 aliphatic heterocycles. The lowest BCUT2D eigenvalue weighted by molar-refractivity contribution is -0.145. The van der Waals surface area contributed by atoms with Crippen LogP contribution in [-0.4, -0.2) is 158 Å². The molecular weight excluding hydrogens is 997 g/mol. The number of nitrogens with zero attached hydrogens (tertiary/aromatic N) is 1. The summed E-state index contributed by atoms with van der Waals surface area (Å²) < 4.78 is 0. The summed E-state index contributed by atoms with van der Waals surface area (Å²) in [5.41, 5.74) is 12.6. The zero-order valence-corrected chi connectivity index (χ0v) is 45.6. The highest BCUT2D eigenvalue weighted by molar-refractivity contribution is 5.98. The first kappa shape index (κ1) is 64.6. The number of nitrogens with one attached hydrogen (secondary N) is 7. The van der Waals surface area contributed by atoms with E-state index >= 15 is 0 Å². The van der Waals surface area contributed by atoms with E-state index < -0.39 is 138 Å². The van der Waals surface area contributed by atoms with E-state index in [1.807, 2.05) is 6.92 Å². The lowest BCUT2D eigenvalue weighted by atomic mass is 9.95. The highest BCUT2D eigenvalue weighted by atomic mass is 16.4. The number of carboxylic acid groups (broad SMARTS) is 1. The molecule has 23 heteroatoms. The van der Waals surface area contributed by atoms with Gasteiger partial charge in [-0.05, 0) is 93.5 Å². The maximum atomic E-state index is 14.5. The van der Waals surface area contributed by atoms with Crippen molar-refractivity contribution in [3.8, 4) is 5.75 Å². The molecule has 0 saturated carbocycles. The number of aromatic hydroxyl groups is 1. The van der Waals surface area contributed by atoms with Crippen molar-refractivity contribution in [2.75, 3.05) is 13.1 Å². The average molecular weight is 1080 g/mol. The third-order valence-corrected chi connectivity index (χ3v) is 14.0. The first-order valence-corrected chi connectivity index (χ1v) is 26.6. The molecule has 13 atom stereocenters. The van der Waals surface area contributed by atoms with E-state index in [-0.39, 0.29) is 38.0 Å². The van der Waals surface area contributed by atoms with Crippen molar-refractivity contribution in [2.24, 2.45) is 29.2 Å².